The quantitative estimate of drug-likeness (QED) is 0.823. The number of nitrogen functional groups attached to an aromatic ring is 1. The second-order valence-electron chi connectivity index (χ2n) is 3.52. The number of halogens is 1. The Morgan fingerprint density at radius 1 is 1.25 bits per heavy atom. The molecule has 0 aliphatic carbocycles. The minimum atomic E-state index is 0.228. The highest BCUT2D eigenvalue weighted by molar-refractivity contribution is 6.33. The number of hydrogen-bond donors (Lipinski definition) is 1. The number of nitrogens with two attached hydrogens (primary N) is 1. The molecule has 2 aromatic heterocycles. The summed E-state index contributed by atoms with van der Waals surface area (Å²) >= 11 is 6.15. The van der Waals surface area contributed by atoms with E-state index in [-0.39, 0.29) is 5.95 Å². The highest BCUT2D eigenvalue weighted by atomic mass is 35.5. The van der Waals surface area contributed by atoms with Crippen molar-refractivity contribution < 1.29 is 0 Å². The van der Waals surface area contributed by atoms with Crippen molar-refractivity contribution in [3.8, 4) is 11.3 Å². The first-order valence-electron chi connectivity index (χ1n) is 4.80. The Morgan fingerprint density at radius 2 is 2.00 bits per heavy atom. The van der Waals surface area contributed by atoms with Gasteiger partial charge in [0, 0.05) is 17.5 Å². The summed E-state index contributed by atoms with van der Waals surface area (Å²) in [6.45, 7) is 3.72. The maximum atomic E-state index is 6.15. The lowest BCUT2D eigenvalue weighted by Crippen LogP contribution is -2.00. The van der Waals surface area contributed by atoms with Crippen LogP contribution in [-0.4, -0.2) is 15.0 Å². The lowest BCUT2D eigenvalue weighted by Gasteiger charge is -2.07. The molecule has 0 unspecified atom stereocenters. The zero-order chi connectivity index (χ0) is 11.7. The van der Waals surface area contributed by atoms with Crippen molar-refractivity contribution in [1.29, 1.82) is 0 Å². The molecule has 82 valence electrons. The predicted octanol–water partition coefficient (Wildman–Crippen LogP) is 2.39. The Kier molecular flexibility index (Phi) is 2.75. The first kappa shape index (κ1) is 10.8. The molecule has 0 fully saturated rings. The van der Waals surface area contributed by atoms with Gasteiger partial charge in [-0.15, -0.1) is 0 Å². The molecule has 0 spiro atoms. The number of aromatic nitrogens is 3. The van der Waals surface area contributed by atoms with Gasteiger partial charge in [0.15, 0.2) is 0 Å². The smallest absolute Gasteiger partial charge is 0.220 e. The molecule has 0 bridgehead atoms. The Bertz CT molecular complexity index is 540. The number of hydrogen-bond acceptors (Lipinski definition) is 4. The van der Waals surface area contributed by atoms with E-state index in [4.69, 9.17) is 17.3 Å². The van der Waals surface area contributed by atoms with Crippen LogP contribution in [0.4, 0.5) is 5.95 Å². The fourth-order valence-electron chi connectivity index (χ4n) is 1.47. The minimum absolute atomic E-state index is 0.228. The molecular weight excluding hydrogens is 224 g/mol. The van der Waals surface area contributed by atoms with E-state index in [9.17, 15) is 0 Å². The van der Waals surface area contributed by atoms with Crippen LogP contribution in [0.3, 0.4) is 0 Å². The fraction of sp³-hybridized carbons (Fsp3) is 0.182. The number of rotatable bonds is 1. The monoisotopic (exact) mass is 234 g/mol. The van der Waals surface area contributed by atoms with Crippen LogP contribution < -0.4 is 5.73 Å². The van der Waals surface area contributed by atoms with E-state index in [2.05, 4.69) is 15.0 Å². The fourth-order valence-corrected chi connectivity index (χ4v) is 1.66. The first-order chi connectivity index (χ1) is 7.58. The summed E-state index contributed by atoms with van der Waals surface area (Å²) in [7, 11) is 0. The summed E-state index contributed by atoms with van der Waals surface area (Å²) in [5, 5.41) is 0.528. The molecule has 0 aromatic carbocycles. The molecule has 0 aliphatic rings. The van der Waals surface area contributed by atoms with Crippen molar-refractivity contribution >= 4 is 17.5 Å². The molecule has 0 radical (unpaired) electrons. The van der Waals surface area contributed by atoms with Crippen LogP contribution in [0.25, 0.3) is 11.3 Å². The zero-order valence-corrected chi connectivity index (χ0v) is 9.78. The van der Waals surface area contributed by atoms with E-state index in [1.807, 2.05) is 19.1 Å². The predicted molar refractivity (Wildman–Crippen MR) is 64.2 cm³/mol. The van der Waals surface area contributed by atoms with Crippen LogP contribution in [0, 0.1) is 13.8 Å². The summed E-state index contributed by atoms with van der Waals surface area (Å²) < 4.78 is 0. The van der Waals surface area contributed by atoms with E-state index in [0.29, 0.717) is 16.4 Å². The average Bonchev–Trinajstić information content (AvgIpc) is 2.23. The normalized spacial score (nSPS) is 10.4. The molecule has 16 heavy (non-hydrogen) atoms. The molecule has 2 N–H and O–H groups in total. The molecule has 0 saturated heterocycles. The van der Waals surface area contributed by atoms with Crippen molar-refractivity contribution in [1.82, 2.24) is 15.0 Å². The van der Waals surface area contributed by atoms with E-state index in [1.54, 1.807) is 13.1 Å². The van der Waals surface area contributed by atoms with Crippen LogP contribution >= 0.6 is 11.6 Å². The maximum absolute atomic E-state index is 6.15. The van der Waals surface area contributed by atoms with E-state index >= 15 is 0 Å². The van der Waals surface area contributed by atoms with Crippen molar-refractivity contribution in [2.75, 3.05) is 5.73 Å². The number of anilines is 1. The summed E-state index contributed by atoms with van der Waals surface area (Å²) in [6, 6.07) is 3.76. The Labute approximate surface area is 98.5 Å². The van der Waals surface area contributed by atoms with Crippen molar-refractivity contribution in [2.45, 2.75) is 13.8 Å². The Balaban J connectivity index is 2.64. The van der Waals surface area contributed by atoms with Gasteiger partial charge in [0.2, 0.25) is 5.95 Å². The second-order valence-corrected chi connectivity index (χ2v) is 3.89. The van der Waals surface area contributed by atoms with Gasteiger partial charge < -0.3 is 5.73 Å². The Morgan fingerprint density at radius 3 is 2.69 bits per heavy atom. The van der Waals surface area contributed by atoms with E-state index in [1.165, 1.54) is 0 Å². The molecule has 0 aliphatic heterocycles. The topological polar surface area (TPSA) is 64.7 Å². The number of pyridine rings is 1. The van der Waals surface area contributed by atoms with Crippen molar-refractivity contribution in [2.24, 2.45) is 0 Å². The lowest BCUT2D eigenvalue weighted by atomic mass is 10.1. The summed E-state index contributed by atoms with van der Waals surface area (Å²) in [6.07, 6.45) is 1.72. The van der Waals surface area contributed by atoms with Gasteiger partial charge in [-0.3, -0.25) is 4.98 Å². The largest absolute Gasteiger partial charge is 0.368 e. The lowest BCUT2D eigenvalue weighted by molar-refractivity contribution is 1.12. The summed E-state index contributed by atoms with van der Waals surface area (Å²) in [5.74, 6) is 0.228. The van der Waals surface area contributed by atoms with Gasteiger partial charge in [0.25, 0.3) is 0 Å². The molecular formula is C11H11ClN4. The van der Waals surface area contributed by atoms with E-state index in [0.717, 1.165) is 11.3 Å². The van der Waals surface area contributed by atoms with Crippen LogP contribution in [0.15, 0.2) is 18.3 Å². The summed E-state index contributed by atoms with van der Waals surface area (Å²) in [5.41, 5.74) is 8.74. The molecule has 0 amide bonds. The maximum Gasteiger partial charge on any atom is 0.220 e. The first-order valence-corrected chi connectivity index (χ1v) is 5.18. The minimum Gasteiger partial charge on any atom is -0.368 e. The molecule has 0 atom stereocenters. The third-order valence-electron chi connectivity index (χ3n) is 2.20. The zero-order valence-electron chi connectivity index (χ0n) is 9.03. The van der Waals surface area contributed by atoms with Gasteiger partial charge >= 0.3 is 0 Å². The van der Waals surface area contributed by atoms with Crippen LogP contribution in [-0.2, 0) is 0 Å². The van der Waals surface area contributed by atoms with Gasteiger partial charge in [-0.2, -0.15) is 0 Å². The van der Waals surface area contributed by atoms with Gasteiger partial charge in [0.1, 0.15) is 0 Å². The van der Waals surface area contributed by atoms with Crippen LogP contribution in [0.1, 0.15) is 11.4 Å². The third-order valence-corrected chi connectivity index (χ3v) is 2.66. The van der Waals surface area contributed by atoms with Crippen molar-refractivity contribution in [3.05, 3.63) is 34.7 Å². The van der Waals surface area contributed by atoms with Gasteiger partial charge in [-0.25, -0.2) is 9.97 Å². The van der Waals surface area contributed by atoms with E-state index < -0.39 is 0 Å². The second kappa shape index (κ2) is 4.06. The molecule has 4 nitrogen and oxygen atoms in total. The van der Waals surface area contributed by atoms with Gasteiger partial charge in [0.05, 0.1) is 16.4 Å². The molecule has 2 aromatic rings. The SMILES string of the molecule is Cc1cc(-c2nc(N)nc(C)c2Cl)ccn1. The van der Waals surface area contributed by atoms with Gasteiger partial charge in [-0.1, -0.05) is 11.6 Å². The third kappa shape index (κ3) is 1.97. The number of aryl methyl sites for hydroxylation is 2. The Hall–Kier alpha value is -1.68. The standard InChI is InChI=1S/C11H11ClN4/c1-6-5-8(3-4-14-6)10-9(12)7(2)15-11(13)16-10/h3-5H,1-2H3,(H2,13,15,16). The average molecular weight is 235 g/mol. The highest BCUT2D eigenvalue weighted by Gasteiger charge is 2.10. The molecule has 5 heteroatoms. The number of nitrogens with zero attached hydrogens (tertiary/aromatic N) is 3. The molecule has 2 heterocycles. The van der Waals surface area contributed by atoms with Crippen LogP contribution in [0.2, 0.25) is 5.02 Å². The van der Waals surface area contributed by atoms with Crippen molar-refractivity contribution in [3.63, 3.8) is 0 Å². The highest BCUT2D eigenvalue weighted by Crippen LogP contribution is 2.28. The molecule has 2 rings (SSSR count). The summed E-state index contributed by atoms with van der Waals surface area (Å²) in [4.78, 5) is 12.3. The van der Waals surface area contributed by atoms with Gasteiger partial charge in [-0.05, 0) is 26.0 Å². The molecule has 0 saturated carbocycles. The van der Waals surface area contributed by atoms with Crippen LogP contribution in [0.5, 0.6) is 0 Å².